The summed E-state index contributed by atoms with van der Waals surface area (Å²) in [7, 11) is 0. The fourth-order valence-corrected chi connectivity index (χ4v) is 1.20. The van der Waals surface area contributed by atoms with Crippen molar-refractivity contribution < 1.29 is 0 Å². The molecule has 0 amide bonds. The minimum absolute atomic E-state index is 0.172. The zero-order valence-corrected chi connectivity index (χ0v) is 9.16. The molecule has 5 heteroatoms. The topological polar surface area (TPSA) is 0 Å². The lowest BCUT2D eigenvalue weighted by atomic mass is 10.2. The predicted molar refractivity (Wildman–Crippen MR) is 53.9 cm³/mol. The third kappa shape index (κ3) is 6.12. The number of alkyl halides is 1. The third-order valence-corrected chi connectivity index (χ3v) is 2.10. The van der Waals surface area contributed by atoms with Gasteiger partial charge in [-0.05, 0) is 12.0 Å². The number of rotatable bonds is 3. The summed E-state index contributed by atoms with van der Waals surface area (Å²) in [4.78, 5) is 0. The predicted octanol–water partition coefficient (Wildman–Crippen LogP) is 4.62. The minimum atomic E-state index is 0.172. The zero-order chi connectivity index (χ0) is 8.85. The fraction of sp³-hybridized carbons (Fsp3) is 0.333. The second kappa shape index (κ2) is 6.45. The third-order valence-electron chi connectivity index (χ3n) is 0.931. The molecule has 0 aromatic carbocycles. The maximum atomic E-state index is 5.50. The van der Waals surface area contributed by atoms with E-state index in [0.29, 0.717) is 12.0 Å². The zero-order valence-electron chi connectivity index (χ0n) is 5.38. The van der Waals surface area contributed by atoms with Gasteiger partial charge in [0.2, 0.25) is 0 Å². The molecule has 0 aliphatic carbocycles. The van der Waals surface area contributed by atoms with E-state index in [4.69, 9.17) is 58.0 Å². The van der Waals surface area contributed by atoms with Crippen LogP contribution in [0, 0.1) is 0 Å². The summed E-state index contributed by atoms with van der Waals surface area (Å²) in [6.45, 7) is 0. The molecule has 0 saturated carbocycles. The Hall–Kier alpha value is 0.930. The SMILES string of the molecule is ClCC(CC=C(Cl)Cl)=C(Cl)Cl. The molecule has 0 nitrogen and oxygen atoms in total. The monoisotopic (exact) mass is 252 g/mol. The van der Waals surface area contributed by atoms with Gasteiger partial charge in [-0.15, -0.1) is 11.6 Å². The Balaban J connectivity index is 4.12. The van der Waals surface area contributed by atoms with E-state index in [1.165, 1.54) is 0 Å². The van der Waals surface area contributed by atoms with Gasteiger partial charge in [0.15, 0.2) is 0 Å². The van der Waals surface area contributed by atoms with Gasteiger partial charge >= 0.3 is 0 Å². The smallest absolute Gasteiger partial charge is 0.107 e. The lowest BCUT2D eigenvalue weighted by Crippen LogP contribution is -1.83. The number of allylic oxidation sites excluding steroid dienone is 2. The van der Waals surface area contributed by atoms with Crippen LogP contribution in [0.5, 0.6) is 0 Å². The van der Waals surface area contributed by atoms with Crippen molar-refractivity contribution in [1.82, 2.24) is 0 Å². The van der Waals surface area contributed by atoms with Crippen molar-refractivity contribution >= 4 is 58.0 Å². The molecule has 0 rings (SSSR count). The number of hydrogen-bond acceptors (Lipinski definition) is 0. The lowest BCUT2D eigenvalue weighted by molar-refractivity contribution is 1.22. The van der Waals surface area contributed by atoms with E-state index in [1.54, 1.807) is 6.08 Å². The average molecular weight is 254 g/mol. The molecule has 64 valence electrons. The molecule has 0 aromatic heterocycles. The Morgan fingerprint density at radius 1 is 1.09 bits per heavy atom. The standard InChI is InChI=1S/C6H5Cl5/c7-3-4(6(10)11)1-2-5(8)9/h2H,1,3H2. The molecule has 0 atom stereocenters. The number of halogens is 5. The molecule has 0 aliphatic heterocycles. The molecule has 0 saturated heterocycles. The van der Waals surface area contributed by atoms with E-state index in [-0.39, 0.29) is 14.9 Å². The van der Waals surface area contributed by atoms with E-state index in [1.807, 2.05) is 0 Å². The summed E-state index contributed by atoms with van der Waals surface area (Å²) in [5.41, 5.74) is 0.703. The molecule has 0 radical (unpaired) electrons. The van der Waals surface area contributed by atoms with Crippen molar-refractivity contribution in [2.45, 2.75) is 6.42 Å². The van der Waals surface area contributed by atoms with E-state index >= 15 is 0 Å². The molecule has 0 N–H and O–H groups in total. The Morgan fingerprint density at radius 3 is 1.91 bits per heavy atom. The van der Waals surface area contributed by atoms with Gasteiger partial charge in [0, 0.05) is 5.88 Å². The van der Waals surface area contributed by atoms with Gasteiger partial charge < -0.3 is 0 Å². The maximum Gasteiger partial charge on any atom is 0.107 e. The van der Waals surface area contributed by atoms with Crippen LogP contribution < -0.4 is 0 Å². The number of hydrogen-bond donors (Lipinski definition) is 0. The van der Waals surface area contributed by atoms with Crippen molar-refractivity contribution in [3.8, 4) is 0 Å². The summed E-state index contributed by atoms with van der Waals surface area (Å²) >= 11 is 27.2. The lowest BCUT2D eigenvalue weighted by Gasteiger charge is -1.97. The first-order chi connectivity index (χ1) is 5.07. The Morgan fingerprint density at radius 2 is 1.64 bits per heavy atom. The van der Waals surface area contributed by atoms with Crippen LogP contribution in [0.15, 0.2) is 20.6 Å². The van der Waals surface area contributed by atoms with Crippen LogP contribution >= 0.6 is 58.0 Å². The molecule has 0 aliphatic rings. The van der Waals surface area contributed by atoms with Crippen molar-refractivity contribution in [3.05, 3.63) is 20.6 Å². The first kappa shape index (κ1) is 11.9. The van der Waals surface area contributed by atoms with Gasteiger partial charge in [0.25, 0.3) is 0 Å². The molecular formula is C6H5Cl5. The molecule has 0 aromatic rings. The van der Waals surface area contributed by atoms with Gasteiger partial charge in [0.1, 0.15) is 8.98 Å². The van der Waals surface area contributed by atoms with Crippen LogP contribution in [0.1, 0.15) is 6.42 Å². The maximum absolute atomic E-state index is 5.50. The Kier molecular flexibility index (Phi) is 6.99. The van der Waals surface area contributed by atoms with Crippen LogP contribution in [0.3, 0.4) is 0 Å². The summed E-state index contributed by atoms with van der Waals surface area (Å²) in [6.07, 6.45) is 2.06. The van der Waals surface area contributed by atoms with E-state index in [9.17, 15) is 0 Å². The van der Waals surface area contributed by atoms with Crippen LogP contribution in [0.4, 0.5) is 0 Å². The first-order valence-electron chi connectivity index (χ1n) is 2.68. The first-order valence-corrected chi connectivity index (χ1v) is 4.72. The summed E-state index contributed by atoms with van der Waals surface area (Å²) in [6, 6.07) is 0. The summed E-state index contributed by atoms with van der Waals surface area (Å²) < 4.78 is 0.355. The largest absolute Gasteiger partial charge is 0.122 e. The van der Waals surface area contributed by atoms with Gasteiger partial charge in [0.05, 0.1) is 0 Å². The van der Waals surface area contributed by atoms with E-state index < -0.39 is 0 Å². The Labute approximate surface area is 90.7 Å². The highest BCUT2D eigenvalue weighted by Crippen LogP contribution is 2.20. The van der Waals surface area contributed by atoms with Gasteiger partial charge in [-0.25, -0.2) is 0 Å². The molecular weight excluding hydrogens is 249 g/mol. The quantitative estimate of drug-likeness (QED) is 0.644. The summed E-state index contributed by atoms with van der Waals surface area (Å²) in [5.74, 6) is 0.278. The van der Waals surface area contributed by atoms with Crippen LogP contribution in [0.25, 0.3) is 0 Å². The highest BCUT2D eigenvalue weighted by molar-refractivity contribution is 6.57. The molecule has 0 fully saturated rings. The summed E-state index contributed by atoms with van der Waals surface area (Å²) in [5, 5.41) is 0. The Bertz CT molecular complexity index is 173. The van der Waals surface area contributed by atoms with Crippen molar-refractivity contribution in [1.29, 1.82) is 0 Å². The average Bonchev–Trinajstić information content (AvgIpc) is 1.87. The van der Waals surface area contributed by atoms with Gasteiger partial charge in [-0.2, -0.15) is 0 Å². The van der Waals surface area contributed by atoms with Gasteiger partial charge in [-0.3, -0.25) is 0 Å². The molecule has 0 bridgehead atoms. The molecule has 11 heavy (non-hydrogen) atoms. The molecule has 0 unspecified atom stereocenters. The normalized spacial score (nSPS) is 9.18. The minimum Gasteiger partial charge on any atom is -0.122 e. The molecule has 0 spiro atoms. The van der Waals surface area contributed by atoms with E-state index in [0.717, 1.165) is 0 Å². The van der Waals surface area contributed by atoms with Crippen LogP contribution in [-0.2, 0) is 0 Å². The van der Waals surface area contributed by atoms with Crippen molar-refractivity contribution in [2.75, 3.05) is 5.88 Å². The van der Waals surface area contributed by atoms with Gasteiger partial charge in [-0.1, -0.05) is 52.5 Å². The van der Waals surface area contributed by atoms with Crippen molar-refractivity contribution in [3.63, 3.8) is 0 Å². The fourth-order valence-electron chi connectivity index (χ4n) is 0.383. The van der Waals surface area contributed by atoms with Crippen LogP contribution in [0.2, 0.25) is 0 Å². The second-order valence-electron chi connectivity index (χ2n) is 1.70. The second-order valence-corrected chi connectivity index (χ2v) is 3.92. The van der Waals surface area contributed by atoms with E-state index in [2.05, 4.69) is 0 Å². The molecule has 0 heterocycles. The highest BCUT2D eigenvalue weighted by atomic mass is 35.5. The van der Waals surface area contributed by atoms with Crippen LogP contribution in [-0.4, -0.2) is 5.88 Å². The van der Waals surface area contributed by atoms with Crippen molar-refractivity contribution in [2.24, 2.45) is 0 Å². The highest BCUT2D eigenvalue weighted by Gasteiger charge is 1.99.